The number of rotatable bonds is 3. The van der Waals surface area contributed by atoms with Gasteiger partial charge < -0.3 is 10.1 Å². The van der Waals surface area contributed by atoms with Gasteiger partial charge in [-0.3, -0.25) is 9.59 Å². The van der Waals surface area contributed by atoms with Crippen molar-refractivity contribution in [3.63, 3.8) is 0 Å². The van der Waals surface area contributed by atoms with Gasteiger partial charge in [-0.25, -0.2) is 4.99 Å². The monoisotopic (exact) mass is 220 g/mol. The molecule has 2 rings (SSSR count). The first-order valence-electron chi connectivity index (χ1n) is 5.08. The predicted molar refractivity (Wildman–Crippen MR) is 57.8 cm³/mol. The number of ketones is 1. The molecule has 1 amide bonds. The van der Waals surface area contributed by atoms with Crippen molar-refractivity contribution < 1.29 is 14.3 Å². The first kappa shape index (κ1) is 10.6. The minimum Gasteiger partial charge on any atom is -0.466 e. The number of hydrogen-bond acceptors (Lipinski definition) is 4. The molecule has 84 valence electrons. The SMILES string of the molecule is CC(=O)NCCC1N=C2C=CC(=O)C=C2O1. The Labute approximate surface area is 92.9 Å². The molecule has 1 atom stereocenters. The molecule has 1 aliphatic carbocycles. The first-order valence-corrected chi connectivity index (χ1v) is 5.08. The van der Waals surface area contributed by atoms with Crippen LogP contribution in [0.15, 0.2) is 29.0 Å². The summed E-state index contributed by atoms with van der Waals surface area (Å²) in [6, 6.07) is 0. The highest BCUT2D eigenvalue weighted by molar-refractivity contribution is 6.19. The summed E-state index contributed by atoms with van der Waals surface area (Å²) in [5.41, 5.74) is 0.701. The van der Waals surface area contributed by atoms with Gasteiger partial charge in [-0.1, -0.05) is 0 Å². The lowest BCUT2D eigenvalue weighted by Crippen LogP contribution is -2.24. The molecule has 16 heavy (non-hydrogen) atoms. The Morgan fingerprint density at radius 3 is 3.12 bits per heavy atom. The minimum atomic E-state index is -0.302. The van der Waals surface area contributed by atoms with Gasteiger partial charge in [0.2, 0.25) is 5.91 Å². The molecule has 5 nitrogen and oxygen atoms in total. The van der Waals surface area contributed by atoms with Crippen LogP contribution < -0.4 is 5.32 Å². The van der Waals surface area contributed by atoms with E-state index in [1.165, 1.54) is 19.1 Å². The van der Waals surface area contributed by atoms with E-state index in [-0.39, 0.29) is 17.9 Å². The number of nitrogens with zero attached hydrogens (tertiary/aromatic N) is 1. The van der Waals surface area contributed by atoms with Gasteiger partial charge in [0, 0.05) is 26.0 Å². The van der Waals surface area contributed by atoms with Gasteiger partial charge in [0.15, 0.2) is 17.8 Å². The Morgan fingerprint density at radius 2 is 2.38 bits per heavy atom. The second kappa shape index (κ2) is 4.30. The van der Waals surface area contributed by atoms with Crippen molar-refractivity contribution in [2.45, 2.75) is 19.6 Å². The van der Waals surface area contributed by atoms with Crippen LogP contribution in [-0.4, -0.2) is 30.2 Å². The third-order valence-corrected chi connectivity index (χ3v) is 2.24. The molecule has 5 heteroatoms. The number of fused-ring (bicyclic) bond motifs is 1. The second-order valence-corrected chi connectivity index (χ2v) is 3.60. The van der Waals surface area contributed by atoms with E-state index >= 15 is 0 Å². The molecule has 0 fully saturated rings. The Morgan fingerprint density at radius 1 is 1.56 bits per heavy atom. The van der Waals surface area contributed by atoms with E-state index in [1.807, 2.05) is 0 Å². The normalized spacial score (nSPS) is 22.1. The van der Waals surface area contributed by atoms with E-state index in [2.05, 4.69) is 10.3 Å². The fraction of sp³-hybridized carbons (Fsp3) is 0.364. The van der Waals surface area contributed by atoms with Gasteiger partial charge in [-0.15, -0.1) is 0 Å². The van der Waals surface area contributed by atoms with E-state index in [1.54, 1.807) is 6.08 Å². The number of aliphatic imine (C=N–C) groups is 1. The smallest absolute Gasteiger partial charge is 0.216 e. The van der Waals surface area contributed by atoms with Crippen LogP contribution in [0, 0.1) is 0 Å². The number of allylic oxidation sites excluding steroid dienone is 3. The molecule has 1 aliphatic heterocycles. The molecule has 1 unspecified atom stereocenters. The van der Waals surface area contributed by atoms with Crippen LogP contribution >= 0.6 is 0 Å². The van der Waals surface area contributed by atoms with Crippen LogP contribution in [0.1, 0.15) is 13.3 Å². The van der Waals surface area contributed by atoms with E-state index in [9.17, 15) is 9.59 Å². The van der Waals surface area contributed by atoms with Crippen LogP contribution in [0.5, 0.6) is 0 Å². The number of ether oxygens (including phenoxy) is 1. The predicted octanol–water partition coefficient (Wildman–Crippen LogP) is 0.333. The highest BCUT2D eigenvalue weighted by Gasteiger charge is 2.24. The zero-order valence-corrected chi connectivity index (χ0v) is 8.90. The molecular formula is C11H12N2O3. The summed E-state index contributed by atoms with van der Waals surface area (Å²) in [5, 5.41) is 2.67. The molecule has 1 N–H and O–H groups in total. The molecule has 0 saturated heterocycles. The van der Waals surface area contributed by atoms with Crippen molar-refractivity contribution in [1.82, 2.24) is 5.32 Å². The Hall–Kier alpha value is -1.91. The van der Waals surface area contributed by atoms with Gasteiger partial charge in [-0.05, 0) is 12.2 Å². The Kier molecular flexibility index (Phi) is 2.85. The van der Waals surface area contributed by atoms with Gasteiger partial charge in [0.1, 0.15) is 5.71 Å². The third-order valence-electron chi connectivity index (χ3n) is 2.24. The molecule has 1 heterocycles. The van der Waals surface area contributed by atoms with Crippen LogP contribution in [-0.2, 0) is 14.3 Å². The van der Waals surface area contributed by atoms with Gasteiger partial charge in [0.25, 0.3) is 0 Å². The molecule has 0 aromatic rings. The fourth-order valence-electron chi connectivity index (χ4n) is 1.52. The number of nitrogens with one attached hydrogen (secondary N) is 1. The van der Waals surface area contributed by atoms with Crippen molar-refractivity contribution in [3.8, 4) is 0 Å². The molecule has 0 saturated carbocycles. The van der Waals surface area contributed by atoms with Crippen LogP contribution in [0.25, 0.3) is 0 Å². The van der Waals surface area contributed by atoms with E-state index < -0.39 is 0 Å². The largest absolute Gasteiger partial charge is 0.466 e. The van der Waals surface area contributed by atoms with Crippen LogP contribution in [0.3, 0.4) is 0 Å². The Bertz CT molecular complexity index is 421. The van der Waals surface area contributed by atoms with Crippen molar-refractivity contribution in [3.05, 3.63) is 24.0 Å². The molecule has 0 spiro atoms. The maximum Gasteiger partial charge on any atom is 0.216 e. The van der Waals surface area contributed by atoms with E-state index in [0.29, 0.717) is 24.4 Å². The molecule has 0 bridgehead atoms. The lowest BCUT2D eigenvalue weighted by molar-refractivity contribution is -0.119. The van der Waals surface area contributed by atoms with Crippen molar-refractivity contribution in [2.24, 2.45) is 4.99 Å². The molecule has 0 radical (unpaired) electrons. The summed E-state index contributed by atoms with van der Waals surface area (Å²) in [7, 11) is 0. The minimum absolute atomic E-state index is 0.0719. The molecule has 2 aliphatic rings. The summed E-state index contributed by atoms with van der Waals surface area (Å²) >= 11 is 0. The molecular weight excluding hydrogens is 208 g/mol. The number of amides is 1. The van der Waals surface area contributed by atoms with Gasteiger partial charge >= 0.3 is 0 Å². The second-order valence-electron chi connectivity index (χ2n) is 3.60. The van der Waals surface area contributed by atoms with Crippen LogP contribution in [0.2, 0.25) is 0 Å². The first-order chi connectivity index (χ1) is 7.65. The zero-order valence-electron chi connectivity index (χ0n) is 8.90. The van der Waals surface area contributed by atoms with Crippen LogP contribution in [0.4, 0.5) is 0 Å². The Balaban J connectivity index is 1.90. The lowest BCUT2D eigenvalue weighted by atomic mass is 10.1. The number of hydrogen-bond donors (Lipinski definition) is 1. The van der Waals surface area contributed by atoms with Crippen molar-refractivity contribution >= 4 is 17.4 Å². The highest BCUT2D eigenvalue weighted by Crippen LogP contribution is 2.21. The molecule has 0 aromatic heterocycles. The highest BCUT2D eigenvalue weighted by atomic mass is 16.5. The average molecular weight is 220 g/mol. The van der Waals surface area contributed by atoms with Crippen molar-refractivity contribution in [2.75, 3.05) is 6.54 Å². The summed E-state index contributed by atoms with van der Waals surface area (Å²) in [4.78, 5) is 26.0. The standard InChI is InChI=1S/C11H12N2O3/c1-7(14)12-5-4-11-13-9-3-2-8(15)6-10(9)16-11/h2-3,6,11H,4-5H2,1H3,(H,12,14). The summed E-state index contributed by atoms with van der Waals surface area (Å²) in [6.07, 6.45) is 4.83. The maximum absolute atomic E-state index is 11.1. The van der Waals surface area contributed by atoms with Crippen molar-refractivity contribution in [1.29, 1.82) is 0 Å². The number of carbonyl (C=O) groups is 2. The zero-order chi connectivity index (χ0) is 11.5. The van der Waals surface area contributed by atoms with Gasteiger partial charge in [0.05, 0.1) is 0 Å². The maximum atomic E-state index is 11.1. The molecule has 0 aromatic carbocycles. The lowest BCUT2D eigenvalue weighted by Gasteiger charge is -2.09. The number of carbonyl (C=O) groups excluding carboxylic acids is 2. The van der Waals surface area contributed by atoms with E-state index in [0.717, 1.165) is 0 Å². The topological polar surface area (TPSA) is 67.8 Å². The quantitative estimate of drug-likeness (QED) is 0.697. The van der Waals surface area contributed by atoms with E-state index in [4.69, 9.17) is 4.74 Å². The van der Waals surface area contributed by atoms with Gasteiger partial charge in [-0.2, -0.15) is 0 Å². The summed E-state index contributed by atoms with van der Waals surface area (Å²) < 4.78 is 5.45. The summed E-state index contributed by atoms with van der Waals surface area (Å²) in [6.45, 7) is 1.98. The fourth-order valence-corrected chi connectivity index (χ4v) is 1.52. The average Bonchev–Trinajstić information content (AvgIpc) is 2.58. The third kappa shape index (κ3) is 2.36. The summed E-state index contributed by atoms with van der Waals surface area (Å²) in [5.74, 6) is 0.370.